The topological polar surface area (TPSA) is 39.9 Å². The van der Waals surface area contributed by atoms with E-state index in [2.05, 4.69) is 21.5 Å². The Morgan fingerprint density at radius 2 is 2.14 bits per heavy atom. The lowest BCUT2D eigenvalue weighted by Gasteiger charge is -2.16. The van der Waals surface area contributed by atoms with Crippen LogP contribution in [-0.2, 0) is 0 Å². The van der Waals surface area contributed by atoms with Crippen LogP contribution in [0.3, 0.4) is 0 Å². The maximum absolute atomic E-state index is 6.33. The molecule has 110 valence electrons. The zero-order valence-electron chi connectivity index (χ0n) is 12.1. The second-order valence-corrected chi connectivity index (χ2v) is 6.44. The van der Waals surface area contributed by atoms with E-state index in [1.54, 1.807) is 18.4 Å². The first-order valence-corrected chi connectivity index (χ1v) is 8.02. The van der Waals surface area contributed by atoms with Gasteiger partial charge in [0, 0.05) is 17.6 Å². The number of benzene rings is 1. The Kier molecular flexibility index (Phi) is 3.87. The normalized spacial score (nSPS) is 14.3. The van der Waals surface area contributed by atoms with E-state index in [9.17, 15) is 0 Å². The smallest absolute Gasteiger partial charge is 0.128 e. The van der Waals surface area contributed by atoms with Gasteiger partial charge in [0.2, 0.25) is 0 Å². The van der Waals surface area contributed by atoms with Gasteiger partial charge in [-0.3, -0.25) is 0 Å². The lowest BCUT2D eigenvalue weighted by Crippen LogP contribution is -2.11. The summed E-state index contributed by atoms with van der Waals surface area (Å²) in [6.07, 6.45) is 1.82. The average Bonchev–Trinajstić information content (AvgIpc) is 3.13. The van der Waals surface area contributed by atoms with Gasteiger partial charge in [0.25, 0.3) is 0 Å². The highest BCUT2D eigenvalue weighted by atomic mass is 35.5. The van der Waals surface area contributed by atoms with Crippen molar-refractivity contribution >= 4 is 34.0 Å². The van der Waals surface area contributed by atoms with Crippen LogP contribution in [0.15, 0.2) is 29.8 Å². The molecule has 3 aromatic rings. The van der Waals surface area contributed by atoms with Gasteiger partial charge in [0.05, 0.1) is 29.6 Å². The van der Waals surface area contributed by atoms with Crippen LogP contribution >= 0.6 is 22.9 Å². The number of hydrogen-bond acceptors (Lipinski definition) is 4. The highest BCUT2D eigenvalue weighted by Crippen LogP contribution is 2.32. The molecule has 3 rings (SSSR count). The minimum Gasteiger partial charge on any atom is -0.497 e. The number of methoxy groups -OCH3 is 1. The molecule has 0 fully saturated rings. The van der Waals surface area contributed by atoms with Gasteiger partial charge >= 0.3 is 0 Å². The molecule has 0 radical (unpaired) electrons. The third-order valence-electron chi connectivity index (χ3n) is 3.48. The number of fused-ring (bicyclic) bond motifs is 1. The third-order valence-corrected chi connectivity index (χ3v) is 4.62. The summed E-state index contributed by atoms with van der Waals surface area (Å²) in [7, 11) is 1.65. The van der Waals surface area contributed by atoms with Crippen molar-refractivity contribution in [2.24, 2.45) is 0 Å². The van der Waals surface area contributed by atoms with E-state index in [1.807, 2.05) is 36.7 Å². The van der Waals surface area contributed by atoms with Gasteiger partial charge in [0.15, 0.2) is 0 Å². The van der Waals surface area contributed by atoms with Crippen LogP contribution in [0.5, 0.6) is 5.75 Å². The zero-order valence-corrected chi connectivity index (χ0v) is 13.6. The molecular formula is C15H16ClN3OS. The van der Waals surface area contributed by atoms with Crippen LogP contribution in [0.25, 0.3) is 11.0 Å². The molecule has 0 bridgehead atoms. The number of alkyl halides is 1. The second-order valence-electron chi connectivity index (χ2n) is 4.86. The fraction of sp³-hybridized carbons (Fsp3) is 0.333. The molecule has 2 unspecified atom stereocenters. The Morgan fingerprint density at radius 1 is 1.33 bits per heavy atom. The SMILES string of the molecule is COc1ccc2c(c1)nc(C(C)Cl)n2C(C)c1nccs1. The first-order valence-electron chi connectivity index (χ1n) is 6.71. The standard InChI is InChI=1S/C15H16ClN3OS/c1-9(16)14-18-12-8-11(20-3)4-5-13(12)19(14)10(2)15-17-6-7-21-15/h4-10H,1-3H3. The van der Waals surface area contributed by atoms with Crippen molar-refractivity contribution in [1.29, 1.82) is 0 Å². The monoisotopic (exact) mass is 321 g/mol. The fourth-order valence-corrected chi connectivity index (χ4v) is 3.30. The molecular weight excluding hydrogens is 306 g/mol. The second kappa shape index (κ2) is 5.66. The molecule has 0 saturated heterocycles. The molecule has 2 atom stereocenters. The summed E-state index contributed by atoms with van der Waals surface area (Å²) in [5.74, 6) is 1.64. The lowest BCUT2D eigenvalue weighted by molar-refractivity contribution is 0.415. The molecule has 0 amide bonds. The number of ether oxygens (including phenoxy) is 1. The maximum atomic E-state index is 6.33. The van der Waals surface area contributed by atoms with Gasteiger partial charge in [-0.25, -0.2) is 9.97 Å². The predicted octanol–water partition coefficient (Wildman–Crippen LogP) is 4.41. The van der Waals surface area contributed by atoms with Crippen LogP contribution in [-0.4, -0.2) is 21.6 Å². The number of imidazole rings is 1. The fourth-order valence-electron chi connectivity index (χ4n) is 2.46. The summed E-state index contributed by atoms with van der Waals surface area (Å²) in [6.45, 7) is 4.05. The molecule has 0 N–H and O–H groups in total. The van der Waals surface area contributed by atoms with E-state index in [1.165, 1.54) is 0 Å². The Labute approximate surface area is 132 Å². The van der Waals surface area contributed by atoms with Crippen LogP contribution < -0.4 is 4.74 Å². The van der Waals surface area contributed by atoms with E-state index in [0.717, 1.165) is 27.6 Å². The molecule has 0 saturated carbocycles. The number of aromatic nitrogens is 3. The Hall–Kier alpha value is -1.59. The average molecular weight is 322 g/mol. The van der Waals surface area contributed by atoms with Crippen LogP contribution in [0, 0.1) is 0 Å². The Balaban J connectivity index is 2.21. The molecule has 21 heavy (non-hydrogen) atoms. The number of thiazole rings is 1. The highest BCUT2D eigenvalue weighted by Gasteiger charge is 2.21. The van der Waals surface area contributed by atoms with Crippen molar-refractivity contribution in [1.82, 2.24) is 14.5 Å². The predicted molar refractivity (Wildman–Crippen MR) is 86.5 cm³/mol. The first kappa shape index (κ1) is 14.4. The van der Waals surface area contributed by atoms with Gasteiger partial charge in [-0.15, -0.1) is 22.9 Å². The summed E-state index contributed by atoms with van der Waals surface area (Å²) in [5, 5.41) is 2.85. The number of halogens is 1. The largest absolute Gasteiger partial charge is 0.497 e. The van der Waals surface area contributed by atoms with E-state index in [-0.39, 0.29) is 11.4 Å². The number of hydrogen-bond donors (Lipinski definition) is 0. The van der Waals surface area contributed by atoms with Crippen molar-refractivity contribution in [3.8, 4) is 5.75 Å². The van der Waals surface area contributed by atoms with Crippen molar-refractivity contribution in [3.63, 3.8) is 0 Å². The molecule has 0 aliphatic heterocycles. The van der Waals surface area contributed by atoms with Gasteiger partial charge in [0.1, 0.15) is 16.6 Å². The summed E-state index contributed by atoms with van der Waals surface area (Å²) >= 11 is 7.97. The Bertz CT molecular complexity index is 752. The summed E-state index contributed by atoms with van der Waals surface area (Å²) in [5.41, 5.74) is 1.93. The molecule has 0 aliphatic rings. The summed E-state index contributed by atoms with van der Waals surface area (Å²) in [4.78, 5) is 9.09. The van der Waals surface area contributed by atoms with Crippen LogP contribution in [0.2, 0.25) is 0 Å². The van der Waals surface area contributed by atoms with Gasteiger partial charge in [-0.2, -0.15) is 0 Å². The Morgan fingerprint density at radius 3 is 2.76 bits per heavy atom. The molecule has 2 aromatic heterocycles. The summed E-state index contributed by atoms with van der Waals surface area (Å²) < 4.78 is 7.43. The molecule has 1 aromatic carbocycles. The van der Waals surface area contributed by atoms with Gasteiger partial charge in [-0.1, -0.05) is 0 Å². The van der Waals surface area contributed by atoms with Crippen LogP contribution in [0.4, 0.5) is 0 Å². The molecule has 0 aliphatic carbocycles. The minimum absolute atomic E-state index is 0.0968. The molecule has 0 spiro atoms. The number of nitrogens with zero attached hydrogens (tertiary/aromatic N) is 3. The van der Waals surface area contributed by atoms with Crippen molar-refractivity contribution in [2.45, 2.75) is 25.3 Å². The maximum Gasteiger partial charge on any atom is 0.128 e. The number of rotatable bonds is 4. The van der Waals surface area contributed by atoms with Crippen molar-refractivity contribution < 1.29 is 4.74 Å². The quantitative estimate of drug-likeness (QED) is 0.668. The van der Waals surface area contributed by atoms with Crippen molar-refractivity contribution in [2.75, 3.05) is 7.11 Å². The highest BCUT2D eigenvalue weighted by molar-refractivity contribution is 7.09. The first-order chi connectivity index (χ1) is 10.1. The van der Waals surface area contributed by atoms with Crippen LogP contribution in [0.1, 0.15) is 36.1 Å². The lowest BCUT2D eigenvalue weighted by atomic mass is 10.2. The van der Waals surface area contributed by atoms with E-state index >= 15 is 0 Å². The van der Waals surface area contributed by atoms with Crippen molar-refractivity contribution in [3.05, 3.63) is 40.6 Å². The summed E-state index contributed by atoms with van der Waals surface area (Å²) in [6, 6.07) is 5.99. The minimum atomic E-state index is -0.175. The van der Waals surface area contributed by atoms with Gasteiger partial charge in [-0.05, 0) is 26.0 Å². The third kappa shape index (κ3) is 2.51. The van der Waals surface area contributed by atoms with E-state index in [4.69, 9.17) is 16.3 Å². The van der Waals surface area contributed by atoms with Gasteiger partial charge < -0.3 is 9.30 Å². The zero-order chi connectivity index (χ0) is 15.0. The molecule has 6 heteroatoms. The molecule has 2 heterocycles. The van der Waals surface area contributed by atoms with E-state index in [0.29, 0.717) is 0 Å². The molecule has 4 nitrogen and oxygen atoms in total. The van der Waals surface area contributed by atoms with E-state index < -0.39 is 0 Å².